The molecule has 0 amide bonds. The van der Waals surface area contributed by atoms with Crippen molar-refractivity contribution in [3.63, 3.8) is 0 Å². The molecule has 4 nitrogen and oxygen atoms in total. The first-order chi connectivity index (χ1) is 14.1. The lowest BCUT2D eigenvalue weighted by Gasteiger charge is -2.12. The average Bonchev–Trinajstić information content (AvgIpc) is 2.66. The van der Waals surface area contributed by atoms with Gasteiger partial charge in [0.1, 0.15) is 18.1 Å². The van der Waals surface area contributed by atoms with Crippen LogP contribution in [0.3, 0.4) is 0 Å². The molecular formula is C20H17F5O4S. The Morgan fingerprint density at radius 1 is 1.03 bits per heavy atom. The third-order valence-corrected chi connectivity index (χ3v) is 4.85. The number of halogens is 5. The SMILES string of the molecule is Cc1cc(SCC(COc2ccc(C(F)(F)F)cc2)=C(F)F)ccc1OCC(=O)O. The molecule has 0 aliphatic carbocycles. The first-order valence-electron chi connectivity index (χ1n) is 8.47. The van der Waals surface area contributed by atoms with E-state index in [1.54, 1.807) is 25.1 Å². The molecule has 0 spiro atoms. The number of aryl methyl sites for hydroxylation is 1. The Labute approximate surface area is 173 Å². The molecule has 0 bridgehead atoms. The molecular weight excluding hydrogens is 431 g/mol. The van der Waals surface area contributed by atoms with Crippen molar-refractivity contribution < 1.29 is 41.3 Å². The van der Waals surface area contributed by atoms with E-state index in [0.717, 1.165) is 36.0 Å². The molecule has 10 heteroatoms. The molecule has 2 aromatic rings. The van der Waals surface area contributed by atoms with Crippen LogP contribution in [-0.2, 0) is 11.0 Å². The Balaban J connectivity index is 1.94. The summed E-state index contributed by atoms with van der Waals surface area (Å²) in [5.41, 5.74) is -0.513. The van der Waals surface area contributed by atoms with E-state index in [2.05, 4.69) is 0 Å². The van der Waals surface area contributed by atoms with Crippen molar-refractivity contribution >= 4 is 17.7 Å². The fourth-order valence-corrected chi connectivity index (χ4v) is 3.20. The third kappa shape index (κ3) is 7.25. The molecule has 2 rings (SSSR count). The van der Waals surface area contributed by atoms with Gasteiger partial charge in [-0.15, -0.1) is 11.8 Å². The van der Waals surface area contributed by atoms with E-state index in [1.165, 1.54) is 0 Å². The van der Waals surface area contributed by atoms with Gasteiger partial charge >= 0.3 is 12.1 Å². The summed E-state index contributed by atoms with van der Waals surface area (Å²) >= 11 is 1.11. The quantitative estimate of drug-likeness (QED) is 0.388. The average molecular weight is 448 g/mol. The van der Waals surface area contributed by atoms with E-state index in [9.17, 15) is 26.7 Å². The van der Waals surface area contributed by atoms with Crippen LogP contribution in [0.2, 0.25) is 0 Å². The molecule has 0 atom stereocenters. The molecule has 2 aromatic carbocycles. The zero-order valence-electron chi connectivity index (χ0n) is 15.6. The number of rotatable bonds is 9. The topological polar surface area (TPSA) is 55.8 Å². The summed E-state index contributed by atoms with van der Waals surface area (Å²) in [7, 11) is 0. The predicted molar refractivity (Wildman–Crippen MR) is 101 cm³/mol. The van der Waals surface area contributed by atoms with Crippen LogP contribution in [0.25, 0.3) is 0 Å². The highest BCUT2D eigenvalue weighted by Gasteiger charge is 2.30. The summed E-state index contributed by atoms with van der Waals surface area (Å²) in [5, 5.41) is 8.63. The number of carboxylic acids is 1. The molecule has 0 aromatic heterocycles. The molecule has 0 aliphatic rings. The van der Waals surface area contributed by atoms with Crippen LogP contribution in [0.15, 0.2) is 59.0 Å². The maximum Gasteiger partial charge on any atom is 0.416 e. The lowest BCUT2D eigenvalue weighted by Crippen LogP contribution is -2.10. The zero-order valence-corrected chi connectivity index (χ0v) is 16.4. The molecule has 0 heterocycles. The number of carbonyl (C=O) groups is 1. The first-order valence-corrected chi connectivity index (χ1v) is 9.46. The van der Waals surface area contributed by atoms with Gasteiger partial charge in [-0.1, -0.05) is 0 Å². The van der Waals surface area contributed by atoms with E-state index in [4.69, 9.17) is 14.6 Å². The lowest BCUT2D eigenvalue weighted by molar-refractivity contribution is -0.139. The van der Waals surface area contributed by atoms with Gasteiger partial charge in [-0.3, -0.25) is 0 Å². The Morgan fingerprint density at radius 3 is 2.23 bits per heavy atom. The van der Waals surface area contributed by atoms with Gasteiger partial charge in [-0.25, -0.2) is 4.79 Å². The highest BCUT2D eigenvalue weighted by atomic mass is 32.2. The molecule has 0 unspecified atom stereocenters. The standard InChI is InChI=1S/C20H17F5O4S/c1-12-8-16(6-7-17(12)29-10-18(26)27)30-11-13(19(21)22)9-28-15-4-2-14(3-5-15)20(23,24)25/h2-8H,9-11H2,1H3,(H,26,27). The van der Waals surface area contributed by atoms with E-state index in [0.29, 0.717) is 16.2 Å². The van der Waals surface area contributed by atoms with Gasteiger partial charge in [-0.05, 0) is 55.0 Å². The van der Waals surface area contributed by atoms with Crippen molar-refractivity contribution in [2.45, 2.75) is 18.0 Å². The van der Waals surface area contributed by atoms with Crippen molar-refractivity contribution in [2.75, 3.05) is 19.0 Å². The smallest absolute Gasteiger partial charge is 0.416 e. The minimum absolute atomic E-state index is 0.0440. The Bertz CT molecular complexity index is 906. The van der Waals surface area contributed by atoms with Gasteiger partial charge in [0.2, 0.25) is 0 Å². The second-order valence-electron chi connectivity index (χ2n) is 6.07. The monoisotopic (exact) mass is 448 g/mol. The van der Waals surface area contributed by atoms with Crippen molar-refractivity contribution in [2.24, 2.45) is 0 Å². The number of hydrogen-bond donors (Lipinski definition) is 1. The highest BCUT2D eigenvalue weighted by molar-refractivity contribution is 7.99. The fraction of sp³-hybridized carbons (Fsp3) is 0.250. The van der Waals surface area contributed by atoms with Gasteiger partial charge in [0.15, 0.2) is 6.61 Å². The summed E-state index contributed by atoms with van der Waals surface area (Å²) < 4.78 is 74.4. The number of thioether (sulfide) groups is 1. The maximum absolute atomic E-state index is 13.2. The van der Waals surface area contributed by atoms with Crippen molar-refractivity contribution in [3.8, 4) is 11.5 Å². The maximum atomic E-state index is 13.2. The van der Waals surface area contributed by atoms with Crippen molar-refractivity contribution in [3.05, 3.63) is 65.2 Å². The van der Waals surface area contributed by atoms with Crippen LogP contribution in [0, 0.1) is 6.92 Å². The molecule has 162 valence electrons. The number of carboxylic acid groups (broad SMARTS) is 1. The normalized spacial score (nSPS) is 11.1. The summed E-state index contributed by atoms with van der Waals surface area (Å²) in [4.78, 5) is 11.2. The largest absolute Gasteiger partial charge is 0.489 e. The lowest BCUT2D eigenvalue weighted by atomic mass is 10.2. The van der Waals surface area contributed by atoms with Gasteiger partial charge < -0.3 is 14.6 Å². The van der Waals surface area contributed by atoms with Crippen LogP contribution in [0.5, 0.6) is 11.5 Å². The van der Waals surface area contributed by atoms with Gasteiger partial charge in [0, 0.05) is 16.2 Å². The molecule has 1 N–H and O–H groups in total. The summed E-state index contributed by atoms with van der Waals surface area (Å²) in [6.07, 6.45) is -6.41. The Kier molecular flexibility index (Phi) is 8.10. The van der Waals surface area contributed by atoms with E-state index in [1.807, 2.05) is 0 Å². The van der Waals surface area contributed by atoms with Crippen LogP contribution in [-0.4, -0.2) is 30.0 Å². The molecule has 0 aliphatic heterocycles. The molecule has 30 heavy (non-hydrogen) atoms. The summed E-state index contributed by atoms with van der Waals surface area (Å²) in [5.74, 6) is -0.797. The third-order valence-electron chi connectivity index (χ3n) is 3.77. The van der Waals surface area contributed by atoms with Crippen LogP contribution >= 0.6 is 11.8 Å². The second kappa shape index (κ2) is 10.3. The summed E-state index contributed by atoms with van der Waals surface area (Å²) in [6, 6.07) is 8.61. The van der Waals surface area contributed by atoms with Crippen molar-refractivity contribution in [1.82, 2.24) is 0 Å². The van der Waals surface area contributed by atoms with Crippen molar-refractivity contribution in [1.29, 1.82) is 0 Å². The minimum Gasteiger partial charge on any atom is -0.489 e. The first kappa shape index (κ1) is 23.5. The van der Waals surface area contributed by atoms with E-state index in [-0.39, 0.29) is 17.1 Å². The number of benzene rings is 2. The Hall–Kier alpha value is -2.75. The second-order valence-corrected chi connectivity index (χ2v) is 7.12. The van der Waals surface area contributed by atoms with Crippen LogP contribution < -0.4 is 9.47 Å². The molecule has 0 fully saturated rings. The number of ether oxygens (including phenoxy) is 2. The van der Waals surface area contributed by atoms with Gasteiger partial charge in [-0.2, -0.15) is 22.0 Å². The predicted octanol–water partition coefficient (Wildman–Crippen LogP) is 5.80. The fourth-order valence-electron chi connectivity index (χ4n) is 2.24. The summed E-state index contributed by atoms with van der Waals surface area (Å²) in [6.45, 7) is 0.732. The van der Waals surface area contributed by atoms with Gasteiger partial charge in [0.05, 0.1) is 5.56 Å². The van der Waals surface area contributed by atoms with Gasteiger partial charge in [0.25, 0.3) is 6.08 Å². The zero-order chi connectivity index (χ0) is 22.3. The molecule has 0 saturated carbocycles. The van der Waals surface area contributed by atoms with Crippen LogP contribution in [0.4, 0.5) is 22.0 Å². The van der Waals surface area contributed by atoms with Crippen LogP contribution in [0.1, 0.15) is 11.1 Å². The molecule has 0 radical (unpaired) electrons. The van der Waals surface area contributed by atoms with E-state index < -0.39 is 37.0 Å². The number of alkyl halides is 3. The van der Waals surface area contributed by atoms with E-state index >= 15 is 0 Å². The minimum atomic E-state index is -4.49. The highest BCUT2D eigenvalue weighted by Crippen LogP contribution is 2.31. The Morgan fingerprint density at radius 2 is 1.70 bits per heavy atom. The number of hydrogen-bond acceptors (Lipinski definition) is 4. The molecule has 0 saturated heterocycles. The number of aliphatic carboxylic acids is 1.